The Morgan fingerprint density at radius 2 is 1.93 bits per heavy atom. The molecule has 212 valence electrons. The second kappa shape index (κ2) is 12.5. The second-order valence-corrected chi connectivity index (χ2v) is 10.1. The monoisotopic (exact) mass is 547 g/mol. The number of aromatic nitrogens is 5. The number of rotatable bonds is 11. The third kappa shape index (κ3) is 5.83. The summed E-state index contributed by atoms with van der Waals surface area (Å²) in [5.41, 5.74) is 9.62. The average Bonchev–Trinajstić information content (AvgIpc) is 3.36. The van der Waals surface area contributed by atoms with E-state index in [0.717, 1.165) is 47.9 Å². The number of benzene rings is 1. The molecular formula is C28H37N9O3. The predicted octanol–water partition coefficient (Wildman–Crippen LogP) is 1.72. The van der Waals surface area contributed by atoms with Gasteiger partial charge in [-0.1, -0.05) is 25.5 Å². The Labute approximate surface area is 232 Å². The van der Waals surface area contributed by atoms with Crippen molar-refractivity contribution in [2.75, 3.05) is 57.0 Å². The van der Waals surface area contributed by atoms with Crippen LogP contribution >= 0.6 is 0 Å². The molecule has 1 atom stereocenters. The summed E-state index contributed by atoms with van der Waals surface area (Å²) in [5.74, 6) is 0.719. The standard InChI is InChI=1S/C28H37N9O3/c1-2-4-20(8-15-38)32-26-25-23(33-28(29)34-26)17-31-37(25)18-19-6-7-22(21-5-3-9-30-24(19)21)27(40)36-12-10-35(11-13-36)14-16-39/h3,5-7,9,17,20,38-39H,2,4,8,10-16,18H2,1H3,(H3,29,32,33,34)/t20-/m0/s1. The van der Waals surface area contributed by atoms with Crippen LogP contribution < -0.4 is 11.1 Å². The Morgan fingerprint density at radius 3 is 2.67 bits per heavy atom. The number of amides is 1. The molecule has 0 unspecified atom stereocenters. The molecule has 0 bridgehead atoms. The van der Waals surface area contributed by atoms with Gasteiger partial charge in [-0.05, 0) is 30.5 Å². The van der Waals surface area contributed by atoms with Crippen LogP contribution in [0.3, 0.4) is 0 Å². The third-order valence-electron chi connectivity index (χ3n) is 7.44. The normalized spacial score (nSPS) is 15.1. The lowest BCUT2D eigenvalue weighted by Crippen LogP contribution is -2.49. The minimum absolute atomic E-state index is 0.0149. The SMILES string of the molecule is CCC[C@@H](CCO)Nc1nc(N)nc2cnn(Cc3ccc(C(=O)N4CCN(CCO)CC4)c4cccnc34)c12. The lowest BCUT2D eigenvalue weighted by Gasteiger charge is -2.34. The van der Waals surface area contributed by atoms with Crippen molar-refractivity contribution in [3.63, 3.8) is 0 Å². The summed E-state index contributed by atoms with van der Waals surface area (Å²) in [7, 11) is 0. The van der Waals surface area contributed by atoms with Gasteiger partial charge in [0.25, 0.3) is 5.91 Å². The zero-order valence-corrected chi connectivity index (χ0v) is 22.8. The summed E-state index contributed by atoms with van der Waals surface area (Å²) in [5, 5.41) is 27.6. The maximum absolute atomic E-state index is 13.5. The van der Waals surface area contributed by atoms with Crippen molar-refractivity contribution in [2.24, 2.45) is 0 Å². The number of pyridine rings is 1. The molecule has 0 aliphatic carbocycles. The molecule has 12 nitrogen and oxygen atoms in total. The van der Waals surface area contributed by atoms with Gasteiger partial charge in [0.2, 0.25) is 5.95 Å². The molecule has 3 aromatic heterocycles. The molecule has 0 spiro atoms. The van der Waals surface area contributed by atoms with Crippen LogP contribution in [0.2, 0.25) is 0 Å². The molecule has 4 heterocycles. The average molecular weight is 548 g/mol. The summed E-state index contributed by atoms with van der Waals surface area (Å²) in [6, 6.07) is 7.63. The fourth-order valence-electron chi connectivity index (χ4n) is 5.42. The molecular weight excluding hydrogens is 510 g/mol. The van der Waals surface area contributed by atoms with Crippen LogP contribution in [0.15, 0.2) is 36.7 Å². The maximum Gasteiger partial charge on any atom is 0.254 e. The second-order valence-electron chi connectivity index (χ2n) is 10.1. The Kier molecular flexibility index (Phi) is 8.68. The van der Waals surface area contributed by atoms with E-state index in [1.165, 1.54) is 0 Å². The van der Waals surface area contributed by atoms with Crippen molar-refractivity contribution in [1.29, 1.82) is 0 Å². The van der Waals surface area contributed by atoms with Gasteiger partial charge in [-0.25, -0.2) is 4.98 Å². The highest BCUT2D eigenvalue weighted by molar-refractivity contribution is 6.07. The molecule has 1 saturated heterocycles. The van der Waals surface area contributed by atoms with Gasteiger partial charge in [-0.2, -0.15) is 10.1 Å². The van der Waals surface area contributed by atoms with Crippen molar-refractivity contribution < 1.29 is 15.0 Å². The van der Waals surface area contributed by atoms with Gasteiger partial charge >= 0.3 is 0 Å². The maximum atomic E-state index is 13.5. The molecule has 0 saturated carbocycles. The largest absolute Gasteiger partial charge is 0.396 e. The zero-order chi connectivity index (χ0) is 28.1. The highest BCUT2D eigenvalue weighted by Crippen LogP contribution is 2.27. The number of nitrogens with zero attached hydrogens (tertiary/aromatic N) is 7. The predicted molar refractivity (Wildman–Crippen MR) is 154 cm³/mol. The molecule has 4 aromatic rings. The van der Waals surface area contributed by atoms with Crippen LogP contribution in [0.5, 0.6) is 0 Å². The number of nitrogens with two attached hydrogens (primary N) is 1. The number of piperazine rings is 1. The molecule has 40 heavy (non-hydrogen) atoms. The van der Waals surface area contributed by atoms with Gasteiger partial charge in [-0.3, -0.25) is 19.4 Å². The van der Waals surface area contributed by atoms with Gasteiger partial charge < -0.3 is 26.2 Å². The molecule has 5 N–H and O–H groups in total. The molecule has 1 amide bonds. The van der Waals surface area contributed by atoms with Crippen molar-refractivity contribution in [2.45, 2.75) is 38.8 Å². The van der Waals surface area contributed by atoms with Crippen molar-refractivity contribution in [1.82, 2.24) is 34.5 Å². The number of nitrogen functional groups attached to an aromatic ring is 1. The number of carbonyl (C=O) groups excluding carboxylic acids is 1. The van der Waals surface area contributed by atoms with Crippen LogP contribution in [-0.2, 0) is 6.54 Å². The van der Waals surface area contributed by atoms with Crippen LogP contribution in [-0.4, -0.2) is 103 Å². The van der Waals surface area contributed by atoms with Crippen LogP contribution in [0.1, 0.15) is 42.1 Å². The van der Waals surface area contributed by atoms with Crippen LogP contribution in [0.25, 0.3) is 21.9 Å². The van der Waals surface area contributed by atoms with E-state index in [0.29, 0.717) is 49.5 Å². The summed E-state index contributed by atoms with van der Waals surface area (Å²) < 4.78 is 1.82. The summed E-state index contributed by atoms with van der Waals surface area (Å²) in [6.07, 6.45) is 5.83. The van der Waals surface area contributed by atoms with E-state index >= 15 is 0 Å². The Balaban J connectivity index is 1.45. The van der Waals surface area contributed by atoms with E-state index in [9.17, 15) is 15.0 Å². The molecule has 5 rings (SSSR count). The summed E-state index contributed by atoms with van der Waals surface area (Å²) in [4.78, 5) is 31.1. The Morgan fingerprint density at radius 1 is 1.10 bits per heavy atom. The Bertz CT molecular complexity index is 1460. The van der Waals surface area contributed by atoms with E-state index in [1.54, 1.807) is 12.4 Å². The quantitative estimate of drug-likeness (QED) is 0.218. The van der Waals surface area contributed by atoms with E-state index in [4.69, 9.17) is 5.73 Å². The zero-order valence-electron chi connectivity index (χ0n) is 22.8. The number of hydrogen-bond donors (Lipinski definition) is 4. The summed E-state index contributed by atoms with van der Waals surface area (Å²) in [6.45, 7) is 6.04. The Hall–Kier alpha value is -3.87. The lowest BCUT2D eigenvalue weighted by atomic mass is 10.0. The number of aliphatic hydroxyl groups excluding tert-OH is 2. The fraction of sp³-hybridized carbons (Fsp3) is 0.464. The van der Waals surface area contributed by atoms with Gasteiger partial charge in [0.1, 0.15) is 11.0 Å². The fourth-order valence-corrected chi connectivity index (χ4v) is 5.42. The highest BCUT2D eigenvalue weighted by Gasteiger charge is 2.24. The number of nitrogens with one attached hydrogen (secondary N) is 1. The number of aliphatic hydroxyl groups is 2. The molecule has 0 radical (unpaired) electrons. The smallest absolute Gasteiger partial charge is 0.254 e. The molecule has 1 aromatic carbocycles. The van der Waals surface area contributed by atoms with E-state index in [1.807, 2.05) is 33.8 Å². The number of hydrogen-bond acceptors (Lipinski definition) is 10. The topological polar surface area (TPSA) is 159 Å². The first kappa shape index (κ1) is 27.7. The van der Waals surface area contributed by atoms with Crippen LogP contribution in [0.4, 0.5) is 11.8 Å². The van der Waals surface area contributed by atoms with Gasteiger partial charge in [-0.15, -0.1) is 0 Å². The first-order valence-corrected chi connectivity index (χ1v) is 13.9. The number of anilines is 2. The minimum Gasteiger partial charge on any atom is -0.396 e. The van der Waals surface area contributed by atoms with E-state index < -0.39 is 0 Å². The van der Waals surface area contributed by atoms with Gasteiger partial charge in [0.05, 0.1) is 24.9 Å². The number of fused-ring (bicyclic) bond motifs is 2. The molecule has 1 fully saturated rings. The van der Waals surface area contributed by atoms with Gasteiger partial charge in [0.15, 0.2) is 5.82 Å². The van der Waals surface area contributed by atoms with Crippen molar-refractivity contribution >= 4 is 39.6 Å². The molecule has 1 aliphatic heterocycles. The van der Waals surface area contributed by atoms with Gasteiger partial charge in [0, 0.05) is 62.5 Å². The highest BCUT2D eigenvalue weighted by atomic mass is 16.3. The first-order valence-electron chi connectivity index (χ1n) is 13.9. The van der Waals surface area contributed by atoms with E-state index in [2.05, 4.69) is 37.2 Å². The number of carbonyl (C=O) groups is 1. The third-order valence-corrected chi connectivity index (χ3v) is 7.44. The molecule has 1 aliphatic rings. The van der Waals surface area contributed by atoms with Crippen molar-refractivity contribution in [3.05, 3.63) is 47.8 Å². The lowest BCUT2D eigenvalue weighted by molar-refractivity contribution is 0.0617. The minimum atomic E-state index is -0.0149. The van der Waals surface area contributed by atoms with Crippen molar-refractivity contribution in [3.8, 4) is 0 Å². The van der Waals surface area contributed by atoms with E-state index in [-0.39, 0.29) is 31.1 Å². The first-order chi connectivity index (χ1) is 19.5. The summed E-state index contributed by atoms with van der Waals surface area (Å²) >= 11 is 0. The number of β-amino-alcohol motifs (C(OH)–C–C–N with tert-alkyl or cyclic N) is 1. The van der Waals surface area contributed by atoms with Crippen LogP contribution in [0, 0.1) is 0 Å². The molecule has 12 heteroatoms.